The van der Waals surface area contributed by atoms with Gasteiger partial charge in [-0.3, -0.25) is 4.90 Å². The Labute approximate surface area is 266 Å². The molecule has 9 heteroatoms. The number of benzene rings is 3. The minimum absolute atomic E-state index is 0.136. The number of allylic oxidation sites excluding steroid dienone is 3. The first kappa shape index (κ1) is 33.2. The summed E-state index contributed by atoms with van der Waals surface area (Å²) in [7, 11) is 1.51. The Morgan fingerprint density at radius 3 is 2.41 bits per heavy atom. The van der Waals surface area contributed by atoms with Crippen LogP contribution in [-0.2, 0) is 17.5 Å². The van der Waals surface area contributed by atoms with E-state index in [2.05, 4.69) is 6.07 Å². The van der Waals surface area contributed by atoms with Gasteiger partial charge in [0.15, 0.2) is 0 Å². The molecule has 1 aliphatic heterocycles. The van der Waals surface area contributed by atoms with Crippen LogP contribution in [0.4, 0.5) is 18.0 Å². The minimum Gasteiger partial charge on any atom is -0.496 e. The lowest BCUT2D eigenvalue weighted by molar-refractivity contribution is -0.137. The number of methoxy groups -OCH3 is 1. The van der Waals surface area contributed by atoms with Gasteiger partial charge in [-0.15, -0.1) is 0 Å². The fraction of sp³-hybridized carbons (Fsp3) is 0.286. The third-order valence-electron chi connectivity index (χ3n) is 7.64. The Morgan fingerprint density at radius 1 is 1.05 bits per heavy atom. The van der Waals surface area contributed by atoms with E-state index in [1.54, 1.807) is 31.2 Å². The molecule has 4 rings (SSSR count). The third kappa shape index (κ3) is 7.33. The first-order valence-electron chi connectivity index (χ1n) is 14.1. The number of halogens is 5. The number of cyclic esters (lactones) is 1. The van der Waals surface area contributed by atoms with Crippen LogP contribution in [0.2, 0.25) is 0 Å². The molecular weight excluding hydrogens is 610 g/mol. The summed E-state index contributed by atoms with van der Waals surface area (Å²) in [5, 5.41) is 0.454. The number of nitrogens with zero attached hydrogens (tertiary/aromatic N) is 1. The van der Waals surface area contributed by atoms with Crippen LogP contribution in [0, 0.1) is 13.8 Å². The number of alkyl halides is 3. The van der Waals surface area contributed by atoms with Crippen molar-refractivity contribution in [3.05, 3.63) is 111 Å². The lowest BCUT2D eigenvalue weighted by Crippen LogP contribution is -2.34. The van der Waals surface area contributed by atoms with Gasteiger partial charge >= 0.3 is 12.3 Å². The molecule has 3 aromatic rings. The highest BCUT2D eigenvalue weighted by atomic mass is 35.5. The fourth-order valence-electron chi connectivity index (χ4n) is 5.44. The Morgan fingerprint density at radius 2 is 1.77 bits per heavy atom. The highest BCUT2D eigenvalue weighted by Crippen LogP contribution is 2.41. The van der Waals surface area contributed by atoms with E-state index in [9.17, 15) is 18.0 Å². The zero-order valence-electron chi connectivity index (χ0n) is 25.1. The smallest absolute Gasteiger partial charge is 0.416 e. The number of amides is 1. The van der Waals surface area contributed by atoms with Gasteiger partial charge in [0.1, 0.15) is 11.9 Å². The molecule has 0 aliphatic carbocycles. The van der Waals surface area contributed by atoms with E-state index in [-0.39, 0.29) is 6.54 Å². The van der Waals surface area contributed by atoms with E-state index in [4.69, 9.17) is 32.7 Å². The van der Waals surface area contributed by atoms with E-state index in [1.165, 1.54) is 23.6 Å². The van der Waals surface area contributed by atoms with Crippen LogP contribution >= 0.6 is 23.2 Å². The van der Waals surface area contributed by atoms with E-state index in [1.807, 2.05) is 45.0 Å². The van der Waals surface area contributed by atoms with Crippen molar-refractivity contribution in [2.75, 3.05) is 7.11 Å². The van der Waals surface area contributed by atoms with Gasteiger partial charge in [0.25, 0.3) is 0 Å². The Hall–Kier alpha value is -3.68. The number of hydrogen-bond donors (Lipinski definition) is 0. The molecular formula is C35H34Cl2F3NO3. The Bertz CT molecular complexity index is 1630. The van der Waals surface area contributed by atoms with E-state index < -0.39 is 30.0 Å². The van der Waals surface area contributed by atoms with Gasteiger partial charge in [-0.05, 0) is 97.0 Å². The maximum atomic E-state index is 13.9. The van der Waals surface area contributed by atoms with Crippen molar-refractivity contribution in [2.24, 2.45) is 0 Å². The Kier molecular flexibility index (Phi) is 10.5. The average molecular weight is 645 g/mol. The molecule has 0 N–H and O–H groups in total. The molecule has 0 spiro atoms. The highest BCUT2D eigenvalue weighted by molar-refractivity contribution is 6.31. The normalized spacial score (nSPS) is 17.9. The molecule has 1 aliphatic rings. The van der Waals surface area contributed by atoms with Crippen molar-refractivity contribution in [1.82, 2.24) is 4.90 Å². The lowest BCUT2D eigenvalue weighted by Gasteiger charge is -2.24. The van der Waals surface area contributed by atoms with Gasteiger partial charge in [0, 0.05) is 16.1 Å². The summed E-state index contributed by atoms with van der Waals surface area (Å²) in [6.45, 7) is 7.61. The van der Waals surface area contributed by atoms with Crippen LogP contribution in [0.3, 0.4) is 0 Å². The number of carbonyl (C=O) groups is 1. The van der Waals surface area contributed by atoms with Crippen LogP contribution in [-0.4, -0.2) is 30.2 Å². The van der Waals surface area contributed by atoms with Crippen LogP contribution in [0.1, 0.15) is 42.5 Å². The molecule has 0 aromatic heterocycles. The minimum atomic E-state index is -4.58. The summed E-state index contributed by atoms with van der Waals surface area (Å²) in [4.78, 5) is 14.6. The molecule has 44 heavy (non-hydrogen) atoms. The molecule has 4 nitrogen and oxygen atoms in total. The fourth-order valence-corrected chi connectivity index (χ4v) is 5.87. The SMILES string of the molecule is CC\C=C(Cl)/C=C(\C=C\Cl)C1OC(=O)N(Cc2cc(C(F)(F)F)ccc2-c2cc(-c3ccc(C)cc3C)ccc2OC)C1C. The standard InChI is InChI=1S/C35H34Cl2F3NO3/c1-6-7-28(37)18-25(14-15-36)33-23(4)41(34(42)44-33)20-26-17-27(35(38,39)40)10-12-30(26)31-19-24(9-13-32(31)43-5)29-11-8-21(2)16-22(29)3/h7-19,23,33H,6,20H2,1-5H3/b15-14+,25-18+,28-7+. The zero-order chi connectivity index (χ0) is 32.2. The highest BCUT2D eigenvalue weighted by Gasteiger charge is 2.41. The predicted octanol–water partition coefficient (Wildman–Crippen LogP) is 10.6. The van der Waals surface area contributed by atoms with Crippen LogP contribution in [0.25, 0.3) is 22.3 Å². The van der Waals surface area contributed by atoms with Gasteiger partial charge in [-0.1, -0.05) is 72.1 Å². The molecule has 0 radical (unpaired) electrons. The number of ether oxygens (including phenoxy) is 2. The van der Waals surface area contributed by atoms with Gasteiger partial charge in [-0.25, -0.2) is 4.79 Å². The molecule has 0 saturated carbocycles. The second-order valence-corrected chi connectivity index (χ2v) is 11.4. The van der Waals surface area contributed by atoms with Crippen molar-refractivity contribution in [3.63, 3.8) is 0 Å². The monoisotopic (exact) mass is 643 g/mol. The van der Waals surface area contributed by atoms with Gasteiger partial charge in [0.05, 0.1) is 25.3 Å². The van der Waals surface area contributed by atoms with Crippen LogP contribution in [0.15, 0.2) is 89.0 Å². The summed E-state index contributed by atoms with van der Waals surface area (Å²) in [5.41, 5.74) is 6.52. The topological polar surface area (TPSA) is 38.8 Å². The van der Waals surface area contributed by atoms with Gasteiger partial charge < -0.3 is 9.47 Å². The number of rotatable bonds is 9. The maximum absolute atomic E-state index is 13.9. The summed E-state index contributed by atoms with van der Waals surface area (Å²) in [5.74, 6) is 0.490. The maximum Gasteiger partial charge on any atom is 0.416 e. The second kappa shape index (κ2) is 14.0. The van der Waals surface area contributed by atoms with Crippen molar-refractivity contribution in [1.29, 1.82) is 0 Å². The lowest BCUT2D eigenvalue weighted by atomic mass is 9.91. The van der Waals surface area contributed by atoms with E-state index in [0.717, 1.165) is 34.4 Å². The van der Waals surface area contributed by atoms with Crippen molar-refractivity contribution < 1.29 is 27.4 Å². The molecule has 232 valence electrons. The number of carbonyl (C=O) groups excluding carboxylic acids is 1. The first-order valence-corrected chi connectivity index (χ1v) is 15.0. The molecule has 0 bridgehead atoms. The van der Waals surface area contributed by atoms with Crippen molar-refractivity contribution in [2.45, 2.75) is 59.0 Å². The summed E-state index contributed by atoms with van der Waals surface area (Å²) in [6, 6.07) is 14.8. The molecule has 1 heterocycles. The average Bonchev–Trinajstić information content (AvgIpc) is 3.24. The molecule has 2 atom stereocenters. The van der Waals surface area contributed by atoms with E-state index in [0.29, 0.717) is 39.5 Å². The predicted molar refractivity (Wildman–Crippen MR) is 171 cm³/mol. The summed E-state index contributed by atoms with van der Waals surface area (Å²) in [6.07, 6.45) is -0.227. The molecule has 2 unspecified atom stereocenters. The van der Waals surface area contributed by atoms with Crippen molar-refractivity contribution >= 4 is 29.3 Å². The summed E-state index contributed by atoms with van der Waals surface area (Å²) < 4.78 is 53.2. The molecule has 3 aromatic carbocycles. The number of hydrogen-bond acceptors (Lipinski definition) is 3. The van der Waals surface area contributed by atoms with Gasteiger partial charge in [-0.2, -0.15) is 13.2 Å². The zero-order valence-corrected chi connectivity index (χ0v) is 26.6. The van der Waals surface area contributed by atoms with Crippen molar-refractivity contribution in [3.8, 4) is 28.0 Å². The summed E-state index contributed by atoms with van der Waals surface area (Å²) >= 11 is 12.2. The molecule has 1 fully saturated rings. The van der Waals surface area contributed by atoms with E-state index >= 15 is 0 Å². The molecule has 1 saturated heterocycles. The quantitative estimate of drug-likeness (QED) is 0.218. The van der Waals surface area contributed by atoms with Crippen LogP contribution < -0.4 is 4.74 Å². The third-order valence-corrected chi connectivity index (χ3v) is 8.02. The number of aryl methyl sites for hydroxylation is 2. The van der Waals surface area contributed by atoms with Gasteiger partial charge in [0.2, 0.25) is 0 Å². The first-order chi connectivity index (χ1) is 20.9. The second-order valence-electron chi connectivity index (χ2n) is 10.7. The largest absolute Gasteiger partial charge is 0.496 e. The molecule has 1 amide bonds. The Balaban J connectivity index is 1.81. The van der Waals surface area contributed by atoms with Crippen LogP contribution in [0.5, 0.6) is 5.75 Å².